The number of aromatic nitrogens is 2. The number of sulfonamides is 1. The second kappa shape index (κ2) is 8.82. The molecular weight excluding hydrogens is 532 g/mol. The topological polar surface area (TPSA) is 69.3 Å². The molecule has 1 atom stereocenters. The predicted molar refractivity (Wildman–Crippen MR) is 126 cm³/mol. The van der Waals surface area contributed by atoms with Gasteiger partial charge in [-0.05, 0) is 47.9 Å². The van der Waals surface area contributed by atoms with Crippen LogP contribution in [0.1, 0.15) is 16.8 Å². The number of H-pyrrole nitrogens is 1. The van der Waals surface area contributed by atoms with Gasteiger partial charge >= 0.3 is 0 Å². The number of hydrogen-bond donors (Lipinski definition) is 1. The molecule has 0 aliphatic carbocycles. The van der Waals surface area contributed by atoms with E-state index in [0.717, 1.165) is 31.5 Å². The summed E-state index contributed by atoms with van der Waals surface area (Å²) in [5.41, 5.74) is 4.11. The third-order valence-corrected chi connectivity index (χ3v) is 7.57. The second-order valence-corrected chi connectivity index (χ2v) is 11.3. The first-order chi connectivity index (χ1) is 14.3. The Morgan fingerprint density at radius 1 is 1.13 bits per heavy atom. The lowest BCUT2D eigenvalue weighted by molar-refractivity contribution is 0.320. The molecule has 0 radical (unpaired) electrons. The van der Waals surface area contributed by atoms with Crippen LogP contribution in [0.15, 0.2) is 63.9 Å². The van der Waals surface area contributed by atoms with Crippen molar-refractivity contribution < 1.29 is 8.42 Å². The van der Waals surface area contributed by atoms with E-state index in [0.29, 0.717) is 26.1 Å². The van der Waals surface area contributed by atoms with Crippen molar-refractivity contribution in [2.75, 3.05) is 17.7 Å². The number of fused-ring (bicyclic) bond motifs is 1. The molecule has 0 amide bonds. The predicted octanol–water partition coefficient (Wildman–Crippen LogP) is 4.33. The molecule has 0 fully saturated rings. The summed E-state index contributed by atoms with van der Waals surface area (Å²) in [6, 6.07) is 13.9. The highest BCUT2D eigenvalue weighted by Gasteiger charge is 2.33. The van der Waals surface area contributed by atoms with Crippen molar-refractivity contribution in [3.05, 3.63) is 80.8 Å². The van der Waals surface area contributed by atoms with Crippen LogP contribution in [0.25, 0.3) is 0 Å². The van der Waals surface area contributed by atoms with Crippen molar-refractivity contribution in [2.45, 2.75) is 25.6 Å². The number of anilines is 1. The molecule has 0 spiro atoms. The standard InChI is InChI=1S/C21H22Br2N4O2S/c1-30(28,29)27-11-16-9-18(23)6-7-21(16)26(12-19-10-24-14-25-19)13-20(27)8-15-2-4-17(22)5-3-15/h2-7,9-10,14,20H,8,11-13H2,1H3,(H,24,25). The Morgan fingerprint density at radius 3 is 2.53 bits per heavy atom. The van der Waals surface area contributed by atoms with Gasteiger partial charge in [0.2, 0.25) is 10.0 Å². The summed E-state index contributed by atoms with van der Waals surface area (Å²) < 4.78 is 29.1. The molecule has 2 aromatic carbocycles. The average molecular weight is 554 g/mol. The first-order valence-electron chi connectivity index (χ1n) is 9.51. The minimum atomic E-state index is -3.41. The minimum absolute atomic E-state index is 0.199. The van der Waals surface area contributed by atoms with Crippen LogP contribution in [-0.2, 0) is 29.5 Å². The summed E-state index contributed by atoms with van der Waals surface area (Å²) in [6.07, 6.45) is 5.40. The monoisotopic (exact) mass is 552 g/mol. The van der Waals surface area contributed by atoms with Crippen LogP contribution >= 0.6 is 31.9 Å². The zero-order chi connectivity index (χ0) is 21.3. The van der Waals surface area contributed by atoms with Gasteiger partial charge in [-0.1, -0.05) is 44.0 Å². The van der Waals surface area contributed by atoms with Crippen LogP contribution < -0.4 is 4.90 Å². The fraction of sp³-hybridized carbons (Fsp3) is 0.286. The fourth-order valence-electron chi connectivity index (χ4n) is 3.90. The molecule has 0 saturated carbocycles. The van der Waals surface area contributed by atoms with Crippen LogP contribution in [0, 0.1) is 0 Å². The Labute approximate surface area is 193 Å². The van der Waals surface area contributed by atoms with E-state index in [9.17, 15) is 8.42 Å². The molecule has 1 unspecified atom stereocenters. The number of nitrogens with zero attached hydrogens (tertiary/aromatic N) is 3. The van der Waals surface area contributed by atoms with E-state index >= 15 is 0 Å². The molecule has 2 heterocycles. The molecule has 0 saturated heterocycles. The lowest BCUT2D eigenvalue weighted by Crippen LogP contribution is -2.45. The maximum Gasteiger partial charge on any atom is 0.211 e. The lowest BCUT2D eigenvalue weighted by Gasteiger charge is -2.31. The Morgan fingerprint density at radius 2 is 1.87 bits per heavy atom. The van der Waals surface area contributed by atoms with Crippen molar-refractivity contribution in [3.8, 4) is 0 Å². The first kappa shape index (κ1) is 21.5. The van der Waals surface area contributed by atoms with Crippen molar-refractivity contribution in [1.82, 2.24) is 14.3 Å². The van der Waals surface area contributed by atoms with E-state index in [1.54, 1.807) is 10.6 Å². The summed E-state index contributed by atoms with van der Waals surface area (Å²) in [7, 11) is -3.41. The average Bonchev–Trinajstić information content (AvgIpc) is 3.14. The van der Waals surface area contributed by atoms with Gasteiger partial charge in [0.05, 0.1) is 24.8 Å². The van der Waals surface area contributed by atoms with Gasteiger partial charge in [-0.15, -0.1) is 0 Å². The number of benzene rings is 2. The summed E-state index contributed by atoms with van der Waals surface area (Å²) in [5, 5.41) is 0. The van der Waals surface area contributed by atoms with E-state index in [1.165, 1.54) is 6.26 Å². The summed E-state index contributed by atoms with van der Waals surface area (Å²) >= 11 is 7.00. The van der Waals surface area contributed by atoms with Gasteiger partial charge in [-0.3, -0.25) is 0 Å². The molecule has 30 heavy (non-hydrogen) atoms. The Kier molecular flexibility index (Phi) is 6.34. The highest BCUT2D eigenvalue weighted by Crippen LogP contribution is 2.33. The van der Waals surface area contributed by atoms with Gasteiger partial charge in [0, 0.05) is 40.0 Å². The van der Waals surface area contributed by atoms with Crippen molar-refractivity contribution in [2.24, 2.45) is 0 Å². The van der Waals surface area contributed by atoms with E-state index in [-0.39, 0.29) is 6.04 Å². The summed E-state index contributed by atoms with van der Waals surface area (Å²) in [4.78, 5) is 9.53. The van der Waals surface area contributed by atoms with Crippen LogP contribution in [0.5, 0.6) is 0 Å². The van der Waals surface area contributed by atoms with Crippen LogP contribution in [0.4, 0.5) is 5.69 Å². The molecule has 4 rings (SSSR count). The highest BCUT2D eigenvalue weighted by molar-refractivity contribution is 9.10. The van der Waals surface area contributed by atoms with Crippen LogP contribution in [-0.4, -0.2) is 41.5 Å². The highest BCUT2D eigenvalue weighted by atomic mass is 79.9. The largest absolute Gasteiger partial charge is 0.364 e. The third kappa shape index (κ3) is 4.96. The Bertz CT molecular complexity index is 1120. The lowest BCUT2D eigenvalue weighted by atomic mass is 10.1. The molecule has 1 aliphatic rings. The minimum Gasteiger partial charge on any atom is -0.364 e. The van der Waals surface area contributed by atoms with Gasteiger partial charge < -0.3 is 9.88 Å². The van der Waals surface area contributed by atoms with Crippen LogP contribution in [0.3, 0.4) is 0 Å². The summed E-state index contributed by atoms with van der Waals surface area (Å²) in [6.45, 7) is 1.55. The second-order valence-electron chi connectivity index (χ2n) is 7.52. The SMILES string of the molecule is CS(=O)(=O)N1Cc2cc(Br)ccc2N(Cc2cnc[nH]2)CC1Cc1ccc(Br)cc1. The number of nitrogens with one attached hydrogen (secondary N) is 1. The fourth-order valence-corrected chi connectivity index (χ4v) is 5.63. The van der Waals surface area contributed by atoms with Gasteiger partial charge in [0.1, 0.15) is 0 Å². The molecule has 0 bridgehead atoms. The molecule has 1 aromatic heterocycles. The number of rotatable bonds is 5. The summed E-state index contributed by atoms with van der Waals surface area (Å²) in [5.74, 6) is 0. The van der Waals surface area contributed by atoms with E-state index in [2.05, 4.69) is 52.8 Å². The normalized spacial score (nSPS) is 17.6. The van der Waals surface area contributed by atoms with E-state index < -0.39 is 10.0 Å². The number of imidazole rings is 1. The Balaban J connectivity index is 1.74. The Hall–Kier alpha value is -1.68. The molecular formula is C21H22Br2N4O2S. The quantitative estimate of drug-likeness (QED) is 0.510. The first-order valence-corrected chi connectivity index (χ1v) is 12.9. The van der Waals surface area contributed by atoms with Crippen molar-refractivity contribution in [1.29, 1.82) is 0 Å². The van der Waals surface area contributed by atoms with Gasteiger partial charge in [-0.2, -0.15) is 4.31 Å². The molecule has 1 N–H and O–H groups in total. The zero-order valence-electron chi connectivity index (χ0n) is 16.4. The zero-order valence-corrected chi connectivity index (χ0v) is 20.4. The third-order valence-electron chi connectivity index (χ3n) is 5.27. The molecule has 9 heteroatoms. The molecule has 6 nitrogen and oxygen atoms in total. The number of aromatic amines is 1. The molecule has 158 valence electrons. The maximum absolute atomic E-state index is 12.8. The van der Waals surface area contributed by atoms with E-state index in [1.807, 2.05) is 42.6 Å². The van der Waals surface area contributed by atoms with E-state index in [4.69, 9.17) is 0 Å². The molecule has 3 aromatic rings. The van der Waals surface area contributed by atoms with Crippen LogP contribution in [0.2, 0.25) is 0 Å². The van der Waals surface area contributed by atoms with Crippen molar-refractivity contribution in [3.63, 3.8) is 0 Å². The van der Waals surface area contributed by atoms with Crippen molar-refractivity contribution >= 4 is 47.6 Å². The maximum atomic E-state index is 12.8. The molecule has 1 aliphatic heterocycles. The van der Waals surface area contributed by atoms with Gasteiger partial charge in [0.25, 0.3) is 0 Å². The number of hydrogen-bond acceptors (Lipinski definition) is 4. The smallest absolute Gasteiger partial charge is 0.211 e. The van der Waals surface area contributed by atoms with Gasteiger partial charge in [0.15, 0.2) is 0 Å². The number of halogens is 2. The van der Waals surface area contributed by atoms with Gasteiger partial charge in [-0.25, -0.2) is 13.4 Å².